The first-order valence-corrected chi connectivity index (χ1v) is 9.32. The maximum absolute atomic E-state index is 11.8. The van der Waals surface area contributed by atoms with Crippen molar-refractivity contribution in [2.75, 3.05) is 37.8 Å². The Labute approximate surface area is 150 Å². The van der Waals surface area contributed by atoms with E-state index < -0.39 is 0 Å². The number of carbonyl (C=O) groups excluding carboxylic acids is 1. The molecule has 2 aromatic rings. The number of benzene rings is 1. The first-order chi connectivity index (χ1) is 12.3. The minimum absolute atomic E-state index is 0.160. The van der Waals surface area contributed by atoms with Crippen LogP contribution in [-0.2, 0) is 20.8 Å². The van der Waals surface area contributed by atoms with Crippen molar-refractivity contribution in [2.45, 2.75) is 23.4 Å². The second-order valence-corrected chi connectivity index (χ2v) is 7.19. The Bertz CT molecular complexity index is 731. The molecule has 132 valence electrons. The Morgan fingerprint density at radius 1 is 1.12 bits per heavy atom. The van der Waals surface area contributed by atoms with Gasteiger partial charge in [0.25, 0.3) is 0 Å². The fraction of sp³-hybridized carbons (Fsp3) is 0.471. The van der Waals surface area contributed by atoms with Crippen molar-refractivity contribution < 1.29 is 14.3 Å². The lowest BCUT2D eigenvalue weighted by Crippen LogP contribution is -2.38. The number of aromatic nitrogens is 3. The van der Waals surface area contributed by atoms with Crippen LogP contribution in [0.15, 0.2) is 35.5 Å². The van der Waals surface area contributed by atoms with Crippen LogP contribution < -0.4 is 4.90 Å². The molecule has 8 heteroatoms. The van der Waals surface area contributed by atoms with Gasteiger partial charge in [-0.25, -0.2) is 0 Å². The summed E-state index contributed by atoms with van der Waals surface area (Å²) in [5, 5.41) is 9.35. The summed E-state index contributed by atoms with van der Waals surface area (Å²) in [7, 11) is 0. The zero-order valence-corrected chi connectivity index (χ0v) is 14.7. The molecule has 7 nitrogen and oxygen atoms in total. The number of hydrogen-bond acceptors (Lipinski definition) is 7. The largest absolute Gasteiger partial charge is 0.465 e. The van der Waals surface area contributed by atoms with Crippen molar-refractivity contribution in [1.29, 1.82) is 0 Å². The number of ether oxygens (including phenoxy) is 2. The van der Waals surface area contributed by atoms with Gasteiger partial charge < -0.3 is 14.4 Å². The maximum atomic E-state index is 11.8. The quantitative estimate of drug-likeness (QED) is 0.750. The monoisotopic (exact) mass is 360 g/mol. The Hall–Kier alpha value is -2.06. The van der Waals surface area contributed by atoms with E-state index in [0.29, 0.717) is 32.8 Å². The summed E-state index contributed by atoms with van der Waals surface area (Å²) < 4.78 is 12.6. The molecule has 0 bridgehead atoms. The van der Waals surface area contributed by atoms with Crippen LogP contribution in [-0.4, -0.2) is 58.9 Å². The Morgan fingerprint density at radius 3 is 2.64 bits per heavy atom. The molecule has 2 aliphatic rings. The van der Waals surface area contributed by atoms with E-state index in [-0.39, 0.29) is 11.2 Å². The van der Waals surface area contributed by atoms with Gasteiger partial charge in [0.05, 0.1) is 26.4 Å². The molecule has 25 heavy (non-hydrogen) atoms. The molecule has 0 spiro atoms. The highest BCUT2D eigenvalue weighted by atomic mass is 32.2. The lowest BCUT2D eigenvalue weighted by Gasteiger charge is -2.28. The average molecular weight is 360 g/mol. The van der Waals surface area contributed by atoms with Gasteiger partial charge in [-0.3, -0.25) is 9.36 Å². The molecule has 0 radical (unpaired) electrons. The van der Waals surface area contributed by atoms with E-state index in [1.54, 1.807) is 0 Å². The van der Waals surface area contributed by atoms with Crippen molar-refractivity contribution >= 4 is 23.7 Å². The number of rotatable bonds is 5. The molecule has 3 heterocycles. The van der Waals surface area contributed by atoms with Gasteiger partial charge in [0.15, 0.2) is 5.16 Å². The number of hydrogen-bond donors (Lipinski definition) is 0. The minimum atomic E-state index is -0.198. The van der Waals surface area contributed by atoms with Crippen LogP contribution in [0.3, 0.4) is 0 Å². The first-order valence-electron chi connectivity index (χ1n) is 8.44. The summed E-state index contributed by atoms with van der Waals surface area (Å²) in [6.45, 7) is 4.13. The molecule has 0 N–H and O–H groups in total. The number of carbonyl (C=O) groups is 1. The van der Waals surface area contributed by atoms with E-state index in [1.165, 1.54) is 17.3 Å². The Kier molecular flexibility index (Phi) is 4.89. The predicted octanol–water partition coefficient (Wildman–Crippen LogP) is 1.57. The topological polar surface area (TPSA) is 69.5 Å². The van der Waals surface area contributed by atoms with Gasteiger partial charge in [-0.15, -0.1) is 10.2 Å². The zero-order chi connectivity index (χ0) is 17.1. The van der Waals surface area contributed by atoms with E-state index in [1.807, 2.05) is 18.2 Å². The van der Waals surface area contributed by atoms with Crippen molar-refractivity contribution in [2.24, 2.45) is 0 Å². The molecule has 0 aliphatic carbocycles. The number of nitrogens with zero attached hydrogens (tertiary/aromatic N) is 4. The smallest absolute Gasteiger partial charge is 0.319 e. The summed E-state index contributed by atoms with van der Waals surface area (Å²) in [6, 6.07) is 10.2. The van der Waals surface area contributed by atoms with Crippen LogP contribution in [0.25, 0.3) is 0 Å². The Balaban J connectivity index is 1.63. The van der Waals surface area contributed by atoms with Crippen LogP contribution in [0, 0.1) is 0 Å². The number of anilines is 1. The molecule has 2 fully saturated rings. The zero-order valence-electron chi connectivity index (χ0n) is 13.8. The third-order valence-corrected chi connectivity index (χ3v) is 5.54. The summed E-state index contributed by atoms with van der Waals surface area (Å²) in [4.78, 5) is 14.0. The first kappa shape index (κ1) is 16.4. The van der Waals surface area contributed by atoms with Gasteiger partial charge in [0.1, 0.15) is 5.25 Å². The summed E-state index contributed by atoms with van der Waals surface area (Å²) in [5.41, 5.74) is 1.17. The number of cyclic esters (lactones) is 1. The van der Waals surface area contributed by atoms with E-state index in [0.717, 1.165) is 24.2 Å². The molecule has 1 aromatic heterocycles. The summed E-state index contributed by atoms with van der Waals surface area (Å²) in [6.07, 6.45) is 0.717. The van der Waals surface area contributed by atoms with Gasteiger partial charge in [-0.2, -0.15) is 0 Å². The fourth-order valence-electron chi connectivity index (χ4n) is 2.98. The molecular weight excluding hydrogens is 340 g/mol. The van der Waals surface area contributed by atoms with Crippen LogP contribution in [0.2, 0.25) is 0 Å². The van der Waals surface area contributed by atoms with Gasteiger partial charge in [0.2, 0.25) is 5.95 Å². The van der Waals surface area contributed by atoms with Crippen LogP contribution in [0.1, 0.15) is 12.0 Å². The number of thioether (sulfide) groups is 1. The third-order valence-electron chi connectivity index (χ3n) is 4.31. The summed E-state index contributed by atoms with van der Waals surface area (Å²) in [5.74, 6) is 0.674. The average Bonchev–Trinajstić information content (AvgIpc) is 3.24. The van der Waals surface area contributed by atoms with Crippen LogP contribution in [0.4, 0.5) is 5.95 Å². The van der Waals surface area contributed by atoms with E-state index in [9.17, 15) is 4.79 Å². The van der Waals surface area contributed by atoms with Crippen molar-refractivity contribution in [3.8, 4) is 0 Å². The molecule has 4 rings (SSSR count). The minimum Gasteiger partial charge on any atom is -0.465 e. The third kappa shape index (κ3) is 3.64. The normalized spacial score (nSPS) is 20.7. The molecule has 2 aliphatic heterocycles. The van der Waals surface area contributed by atoms with Gasteiger partial charge in [0, 0.05) is 19.5 Å². The molecule has 2 saturated heterocycles. The molecule has 1 aromatic carbocycles. The Morgan fingerprint density at radius 2 is 1.92 bits per heavy atom. The highest BCUT2D eigenvalue weighted by Crippen LogP contribution is 2.31. The fourth-order valence-corrected chi connectivity index (χ4v) is 3.98. The number of morpholine rings is 1. The molecule has 1 unspecified atom stereocenters. The van der Waals surface area contributed by atoms with Crippen molar-refractivity contribution in [3.63, 3.8) is 0 Å². The lowest BCUT2D eigenvalue weighted by molar-refractivity contribution is -0.137. The lowest BCUT2D eigenvalue weighted by atomic mass is 10.2. The SMILES string of the molecule is O=C1OCCC1Sc1nnc(N2CCOCC2)n1Cc1ccccc1. The standard InChI is InChI=1S/C17H20N4O3S/c22-15-14(6-9-24-15)25-17-19-18-16(20-7-10-23-11-8-20)21(17)12-13-4-2-1-3-5-13/h1-5,14H,6-12H2. The second kappa shape index (κ2) is 7.45. The maximum Gasteiger partial charge on any atom is 0.319 e. The van der Waals surface area contributed by atoms with Gasteiger partial charge in [-0.05, 0) is 5.56 Å². The van der Waals surface area contributed by atoms with Gasteiger partial charge in [-0.1, -0.05) is 42.1 Å². The highest BCUT2D eigenvalue weighted by molar-refractivity contribution is 8.00. The second-order valence-electron chi connectivity index (χ2n) is 6.02. The number of esters is 1. The highest BCUT2D eigenvalue weighted by Gasteiger charge is 2.30. The van der Waals surface area contributed by atoms with Crippen molar-refractivity contribution in [1.82, 2.24) is 14.8 Å². The van der Waals surface area contributed by atoms with E-state index in [2.05, 4.69) is 31.8 Å². The van der Waals surface area contributed by atoms with E-state index in [4.69, 9.17) is 9.47 Å². The van der Waals surface area contributed by atoms with Crippen LogP contribution >= 0.6 is 11.8 Å². The molecule has 1 atom stereocenters. The van der Waals surface area contributed by atoms with E-state index >= 15 is 0 Å². The molecule has 0 saturated carbocycles. The molecular formula is C17H20N4O3S. The van der Waals surface area contributed by atoms with Gasteiger partial charge >= 0.3 is 5.97 Å². The predicted molar refractivity (Wildman–Crippen MR) is 93.8 cm³/mol. The van der Waals surface area contributed by atoms with Crippen LogP contribution in [0.5, 0.6) is 0 Å². The molecule has 0 amide bonds. The summed E-state index contributed by atoms with van der Waals surface area (Å²) >= 11 is 1.45. The van der Waals surface area contributed by atoms with Crippen molar-refractivity contribution in [3.05, 3.63) is 35.9 Å².